The van der Waals surface area contributed by atoms with Gasteiger partial charge in [-0.2, -0.15) is 4.31 Å². The summed E-state index contributed by atoms with van der Waals surface area (Å²) >= 11 is 0. The van der Waals surface area contributed by atoms with Crippen LogP contribution in [0.1, 0.15) is 18.4 Å². The minimum Gasteiger partial charge on any atom is -0.361 e. The monoisotopic (exact) mass is 447 g/mol. The number of nitrogens with one attached hydrogen (secondary N) is 1. The standard InChI is InChI=1S/C22H23F2N3O3S/c23-17-8-9-21(19(24)14-17)31(29,30)27-12-10-26(11-13-27)22(28)7-3-4-16-15-25-20-6-2-1-5-18(16)20/h1-2,5-6,8-9,14-15,25H,3-4,7,10-13H2. The van der Waals surface area contributed by atoms with Crippen molar-refractivity contribution < 1.29 is 22.0 Å². The van der Waals surface area contributed by atoms with E-state index in [0.717, 1.165) is 33.8 Å². The second kappa shape index (κ2) is 8.76. The molecule has 0 atom stereocenters. The number of para-hydroxylation sites is 1. The molecule has 0 bridgehead atoms. The molecule has 1 aliphatic rings. The van der Waals surface area contributed by atoms with Crippen molar-refractivity contribution in [2.75, 3.05) is 26.2 Å². The first-order valence-corrected chi connectivity index (χ1v) is 11.6. The molecule has 0 spiro atoms. The molecule has 0 radical (unpaired) electrons. The zero-order valence-electron chi connectivity index (χ0n) is 16.9. The van der Waals surface area contributed by atoms with E-state index in [2.05, 4.69) is 4.98 Å². The van der Waals surface area contributed by atoms with Crippen LogP contribution in [-0.2, 0) is 21.2 Å². The summed E-state index contributed by atoms with van der Waals surface area (Å²) < 4.78 is 53.5. The first-order chi connectivity index (χ1) is 14.9. The predicted molar refractivity (Wildman–Crippen MR) is 113 cm³/mol. The van der Waals surface area contributed by atoms with Gasteiger partial charge in [0.05, 0.1) is 0 Å². The van der Waals surface area contributed by atoms with Gasteiger partial charge in [-0.1, -0.05) is 18.2 Å². The van der Waals surface area contributed by atoms with Gasteiger partial charge in [-0.3, -0.25) is 4.79 Å². The molecule has 1 aliphatic heterocycles. The second-order valence-electron chi connectivity index (χ2n) is 7.57. The Bertz CT molecular complexity index is 1200. The van der Waals surface area contributed by atoms with E-state index in [1.165, 1.54) is 5.56 Å². The summed E-state index contributed by atoms with van der Waals surface area (Å²) in [6.07, 6.45) is 3.81. The summed E-state index contributed by atoms with van der Waals surface area (Å²) in [6, 6.07) is 10.4. The highest BCUT2D eigenvalue weighted by atomic mass is 32.2. The third-order valence-electron chi connectivity index (χ3n) is 5.61. The van der Waals surface area contributed by atoms with Gasteiger partial charge in [0.2, 0.25) is 15.9 Å². The van der Waals surface area contributed by atoms with Gasteiger partial charge in [0.15, 0.2) is 0 Å². The molecule has 6 nitrogen and oxygen atoms in total. The minimum atomic E-state index is -4.08. The fourth-order valence-electron chi connectivity index (χ4n) is 3.93. The molecule has 1 fully saturated rings. The lowest BCUT2D eigenvalue weighted by molar-refractivity contribution is -0.132. The summed E-state index contributed by atoms with van der Waals surface area (Å²) in [5, 5.41) is 1.15. The molecule has 0 saturated carbocycles. The molecule has 9 heteroatoms. The number of aryl methyl sites for hydroxylation is 1. The van der Waals surface area contributed by atoms with Crippen molar-refractivity contribution in [3.8, 4) is 0 Å². The number of halogens is 2. The van der Waals surface area contributed by atoms with Crippen LogP contribution < -0.4 is 0 Å². The summed E-state index contributed by atoms with van der Waals surface area (Å²) in [7, 11) is -4.08. The Balaban J connectivity index is 1.30. The summed E-state index contributed by atoms with van der Waals surface area (Å²) in [6.45, 7) is 0.641. The van der Waals surface area contributed by atoms with Crippen molar-refractivity contribution in [1.82, 2.24) is 14.2 Å². The van der Waals surface area contributed by atoms with Crippen LogP contribution in [-0.4, -0.2) is 54.7 Å². The predicted octanol–water partition coefficient (Wildman–Crippen LogP) is 3.30. The average molecular weight is 448 g/mol. The number of aromatic nitrogens is 1. The van der Waals surface area contributed by atoms with Crippen LogP contribution in [0.15, 0.2) is 53.6 Å². The van der Waals surface area contributed by atoms with Crippen LogP contribution in [0.25, 0.3) is 10.9 Å². The van der Waals surface area contributed by atoms with E-state index >= 15 is 0 Å². The van der Waals surface area contributed by atoms with Gasteiger partial charge in [0.25, 0.3) is 0 Å². The molecule has 0 unspecified atom stereocenters. The number of H-pyrrole nitrogens is 1. The molecule has 1 amide bonds. The molecule has 31 heavy (non-hydrogen) atoms. The van der Waals surface area contributed by atoms with Gasteiger partial charge in [0.1, 0.15) is 16.5 Å². The molecular formula is C22H23F2N3O3S. The molecule has 0 aliphatic carbocycles. The summed E-state index contributed by atoms with van der Waals surface area (Å²) in [5.41, 5.74) is 2.24. The van der Waals surface area contributed by atoms with Crippen LogP contribution in [0.3, 0.4) is 0 Å². The van der Waals surface area contributed by atoms with Crippen molar-refractivity contribution in [3.05, 3.63) is 65.9 Å². The van der Waals surface area contributed by atoms with Gasteiger partial charge in [-0.05, 0) is 36.6 Å². The number of amides is 1. The number of nitrogens with zero attached hydrogens (tertiary/aromatic N) is 2. The number of rotatable bonds is 6. The molecular weight excluding hydrogens is 424 g/mol. The smallest absolute Gasteiger partial charge is 0.246 e. The van der Waals surface area contributed by atoms with Crippen molar-refractivity contribution >= 4 is 26.8 Å². The Morgan fingerprint density at radius 1 is 1.03 bits per heavy atom. The fourth-order valence-corrected chi connectivity index (χ4v) is 5.40. The highest BCUT2D eigenvalue weighted by Crippen LogP contribution is 2.22. The van der Waals surface area contributed by atoms with Crippen molar-refractivity contribution in [2.45, 2.75) is 24.2 Å². The Hall–Kier alpha value is -2.78. The summed E-state index contributed by atoms with van der Waals surface area (Å²) in [5.74, 6) is -1.97. The Morgan fingerprint density at radius 2 is 1.77 bits per heavy atom. The van der Waals surface area contributed by atoms with Gasteiger partial charge in [0, 0.05) is 55.8 Å². The fraction of sp³-hybridized carbons (Fsp3) is 0.318. The first kappa shape index (κ1) is 21.5. The topological polar surface area (TPSA) is 73.5 Å². The molecule has 1 aromatic heterocycles. The van der Waals surface area contributed by atoms with Crippen LogP contribution >= 0.6 is 0 Å². The third kappa shape index (κ3) is 4.47. The number of hydrogen-bond acceptors (Lipinski definition) is 3. The lowest BCUT2D eigenvalue weighted by Crippen LogP contribution is -2.50. The van der Waals surface area contributed by atoms with Gasteiger partial charge in [-0.25, -0.2) is 17.2 Å². The molecule has 2 aromatic carbocycles. The Morgan fingerprint density at radius 3 is 2.52 bits per heavy atom. The van der Waals surface area contributed by atoms with Crippen molar-refractivity contribution in [2.24, 2.45) is 0 Å². The van der Waals surface area contributed by atoms with Gasteiger partial charge in [-0.15, -0.1) is 0 Å². The van der Waals surface area contributed by atoms with Crippen molar-refractivity contribution in [1.29, 1.82) is 0 Å². The number of piperazine rings is 1. The van der Waals surface area contributed by atoms with Crippen LogP contribution in [0, 0.1) is 11.6 Å². The van der Waals surface area contributed by atoms with Crippen LogP contribution in [0.5, 0.6) is 0 Å². The molecule has 1 N–H and O–H groups in total. The van der Waals surface area contributed by atoms with E-state index in [9.17, 15) is 22.0 Å². The van der Waals surface area contributed by atoms with E-state index in [1.54, 1.807) is 4.90 Å². The highest BCUT2D eigenvalue weighted by molar-refractivity contribution is 7.89. The highest BCUT2D eigenvalue weighted by Gasteiger charge is 2.31. The lowest BCUT2D eigenvalue weighted by atomic mass is 10.1. The summed E-state index contributed by atoms with van der Waals surface area (Å²) in [4.78, 5) is 16.9. The molecule has 1 saturated heterocycles. The normalized spacial score (nSPS) is 15.5. The Labute approximate surface area is 179 Å². The zero-order chi connectivity index (χ0) is 22.0. The van der Waals surface area contributed by atoms with E-state index in [-0.39, 0.29) is 32.1 Å². The third-order valence-corrected chi connectivity index (χ3v) is 7.55. The maximum absolute atomic E-state index is 13.9. The zero-order valence-corrected chi connectivity index (χ0v) is 17.7. The minimum absolute atomic E-state index is 0.0233. The molecule has 164 valence electrons. The van der Waals surface area contributed by atoms with Crippen LogP contribution in [0.4, 0.5) is 8.78 Å². The number of hydrogen-bond donors (Lipinski definition) is 1. The molecule has 4 rings (SSSR count). The number of fused-ring (bicyclic) bond motifs is 1. The lowest BCUT2D eigenvalue weighted by Gasteiger charge is -2.34. The first-order valence-electron chi connectivity index (χ1n) is 10.1. The number of carbonyl (C=O) groups is 1. The number of sulfonamides is 1. The maximum Gasteiger partial charge on any atom is 0.246 e. The van der Waals surface area contributed by atoms with E-state index < -0.39 is 26.6 Å². The van der Waals surface area contributed by atoms with Gasteiger partial charge < -0.3 is 9.88 Å². The largest absolute Gasteiger partial charge is 0.361 e. The van der Waals surface area contributed by atoms with Gasteiger partial charge >= 0.3 is 0 Å². The maximum atomic E-state index is 13.9. The number of benzene rings is 2. The average Bonchev–Trinajstić information content (AvgIpc) is 3.17. The van der Waals surface area contributed by atoms with Crippen molar-refractivity contribution in [3.63, 3.8) is 0 Å². The SMILES string of the molecule is O=C(CCCc1c[nH]c2ccccc12)N1CCN(S(=O)(=O)c2ccc(F)cc2F)CC1. The number of carbonyl (C=O) groups excluding carboxylic acids is 1. The molecule has 2 heterocycles. The molecule has 3 aromatic rings. The Kier molecular flexibility index (Phi) is 6.06. The second-order valence-corrected chi connectivity index (χ2v) is 9.48. The van der Waals surface area contributed by atoms with E-state index in [4.69, 9.17) is 0 Å². The quantitative estimate of drug-likeness (QED) is 0.630. The van der Waals surface area contributed by atoms with E-state index in [1.807, 2.05) is 30.5 Å². The number of aromatic amines is 1. The van der Waals surface area contributed by atoms with E-state index in [0.29, 0.717) is 18.9 Å². The van der Waals surface area contributed by atoms with Crippen LogP contribution in [0.2, 0.25) is 0 Å².